The molecule has 2 amide bonds. The fraction of sp³-hybridized carbons (Fsp3) is 0.304. The monoisotopic (exact) mass is 431 g/mol. The van der Waals surface area contributed by atoms with Crippen molar-refractivity contribution >= 4 is 29.2 Å². The molecule has 0 aliphatic carbocycles. The number of aromatic nitrogens is 4. The summed E-state index contributed by atoms with van der Waals surface area (Å²) < 4.78 is 1.85. The lowest BCUT2D eigenvalue weighted by molar-refractivity contribution is -0.110. The normalized spacial score (nSPS) is 18.4. The van der Waals surface area contributed by atoms with E-state index in [2.05, 4.69) is 25.3 Å². The van der Waals surface area contributed by atoms with Crippen molar-refractivity contribution in [2.75, 3.05) is 32.5 Å². The molecule has 0 saturated heterocycles. The van der Waals surface area contributed by atoms with E-state index in [0.717, 1.165) is 28.2 Å². The Morgan fingerprint density at radius 3 is 2.62 bits per heavy atom. The molecule has 5 heterocycles. The van der Waals surface area contributed by atoms with E-state index in [1.807, 2.05) is 44.0 Å². The second-order valence-corrected chi connectivity index (χ2v) is 8.50. The zero-order chi connectivity index (χ0) is 22.6. The third-order valence-electron chi connectivity index (χ3n) is 6.11. The van der Waals surface area contributed by atoms with Crippen molar-refractivity contribution in [2.24, 2.45) is 7.05 Å². The summed E-state index contributed by atoms with van der Waals surface area (Å²) in [7, 11) is 5.74. The van der Waals surface area contributed by atoms with Crippen molar-refractivity contribution in [1.82, 2.24) is 29.5 Å². The van der Waals surface area contributed by atoms with Crippen LogP contribution in [0.4, 0.5) is 5.69 Å². The summed E-state index contributed by atoms with van der Waals surface area (Å²) >= 11 is 0. The summed E-state index contributed by atoms with van der Waals surface area (Å²) in [4.78, 5) is 37.7. The molecule has 0 saturated carbocycles. The zero-order valence-electron chi connectivity index (χ0n) is 18.6. The number of hydrogen-bond acceptors (Lipinski definition) is 5. The topological polar surface area (TPSA) is 99.1 Å². The smallest absolute Gasteiger partial charge is 0.256 e. The summed E-state index contributed by atoms with van der Waals surface area (Å²) in [6.45, 7) is 3.83. The minimum Gasteiger partial charge on any atom is -0.358 e. The van der Waals surface area contributed by atoms with Gasteiger partial charge in [-0.1, -0.05) is 0 Å². The maximum absolute atomic E-state index is 13.2. The number of likely N-dealkylation sites (N-methyl/N-ethyl adjacent to an activating group) is 2. The number of nitrogens with one attached hydrogen (secondary N) is 2. The number of carbonyl (C=O) groups excluding carboxylic acids is 2. The van der Waals surface area contributed by atoms with Crippen LogP contribution in [0.15, 0.2) is 24.5 Å². The Balaban J connectivity index is 1.72. The van der Waals surface area contributed by atoms with Gasteiger partial charge in [0.2, 0.25) is 0 Å². The van der Waals surface area contributed by atoms with Crippen LogP contribution in [-0.4, -0.2) is 68.5 Å². The van der Waals surface area contributed by atoms with E-state index in [-0.39, 0.29) is 11.8 Å². The average molecular weight is 432 g/mol. The summed E-state index contributed by atoms with van der Waals surface area (Å²) in [5.74, 6) is -0.298. The van der Waals surface area contributed by atoms with Gasteiger partial charge in [-0.15, -0.1) is 0 Å². The molecule has 9 nitrogen and oxygen atoms in total. The zero-order valence-corrected chi connectivity index (χ0v) is 18.6. The number of nitrogens with zero attached hydrogens (tertiary/aromatic N) is 5. The van der Waals surface area contributed by atoms with E-state index in [9.17, 15) is 9.59 Å². The third kappa shape index (κ3) is 3.31. The fourth-order valence-corrected chi connectivity index (χ4v) is 4.25. The standard InChI is InChI=1S/C23H25N7O2/c1-13-7-16-19(26-13)9-15-14-8-18(24-11-20(14)27-22(15)31)17-10-25-30(4)21(17)12-28(2)5-6-29(3)23(16)32/h7-11,26H,5-6,12H2,1-4H3,(H,27,31)/b15-9-. The highest BCUT2D eigenvalue weighted by Crippen LogP contribution is 2.36. The molecule has 2 aliphatic rings. The van der Waals surface area contributed by atoms with E-state index >= 15 is 0 Å². The first-order valence-electron chi connectivity index (χ1n) is 10.5. The second-order valence-electron chi connectivity index (χ2n) is 8.50. The van der Waals surface area contributed by atoms with Crippen molar-refractivity contribution in [1.29, 1.82) is 0 Å². The number of fused-ring (bicyclic) bond motifs is 4. The van der Waals surface area contributed by atoms with Gasteiger partial charge < -0.3 is 15.2 Å². The van der Waals surface area contributed by atoms with Gasteiger partial charge in [0.05, 0.1) is 46.3 Å². The van der Waals surface area contributed by atoms with Crippen LogP contribution < -0.4 is 5.32 Å². The first-order chi connectivity index (χ1) is 15.3. The SMILES string of the molecule is Cc1cc2c([nH]1)/C=C1\C(=O)Nc3cnc(cc31)-c1cnn(C)c1CN(C)CCN(C)C2=O. The quantitative estimate of drug-likeness (QED) is 0.568. The van der Waals surface area contributed by atoms with Gasteiger partial charge in [-0.3, -0.25) is 24.2 Å². The highest BCUT2D eigenvalue weighted by atomic mass is 16.2. The molecule has 164 valence electrons. The van der Waals surface area contributed by atoms with E-state index in [1.54, 1.807) is 24.2 Å². The lowest BCUT2D eigenvalue weighted by Gasteiger charge is -2.22. The van der Waals surface area contributed by atoms with E-state index in [4.69, 9.17) is 0 Å². The largest absolute Gasteiger partial charge is 0.358 e. The van der Waals surface area contributed by atoms with Crippen molar-refractivity contribution < 1.29 is 9.59 Å². The molecule has 3 aromatic rings. The molecule has 9 heteroatoms. The fourth-order valence-electron chi connectivity index (χ4n) is 4.25. The van der Waals surface area contributed by atoms with E-state index < -0.39 is 0 Å². The predicted molar refractivity (Wildman–Crippen MR) is 122 cm³/mol. The minimum atomic E-state index is -0.214. The molecule has 0 aromatic carbocycles. The van der Waals surface area contributed by atoms with Crippen LogP contribution in [0.1, 0.15) is 33.0 Å². The van der Waals surface area contributed by atoms with Crippen molar-refractivity contribution in [2.45, 2.75) is 13.5 Å². The Bertz CT molecular complexity index is 1280. The molecular formula is C23H25N7O2. The van der Waals surface area contributed by atoms with Gasteiger partial charge in [0.1, 0.15) is 0 Å². The maximum atomic E-state index is 13.2. The van der Waals surface area contributed by atoms with Crippen LogP contribution in [-0.2, 0) is 18.4 Å². The molecule has 0 fully saturated rings. The highest BCUT2D eigenvalue weighted by molar-refractivity contribution is 6.35. The van der Waals surface area contributed by atoms with Gasteiger partial charge in [-0.2, -0.15) is 5.10 Å². The number of carbonyl (C=O) groups is 2. The summed E-state index contributed by atoms with van der Waals surface area (Å²) in [6, 6.07) is 3.75. The lowest BCUT2D eigenvalue weighted by Crippen LogP contribution is -2.35. The van der Waals surface area contributed by atoms with E-state index in [0.29, 0.717) is 42.2 Å². The van der Waals surface area contributed by atoms with Crippen LogP contribution in [0, 0.1) is 6.92 Å². The Kier molecular flexibility index (Phi) is 4.70. The number of amides is 2. The Labute approximate surface area is 185 Å². The first-order valence-corrected chi connectivity index (χ1v) is 10.5. The Morgan fingerprint density at radius 1 is 1.00 bits per heavy atom. The molecule has 32 heavy (non-hydrogen) atoms. The number of pyridine rings is 1. The lowest BCUT2D eigenvalue weighted by atomic mass is 10.0. The van der Waals surface area contributed by atoms with Crippen LogP contribution in [0.2, 0.25) is 0 Å². The number of rotatable bonds is 0. The van der Waals surface area contributed by atoms with Crippen LogP contribution in [0.3, 0.4) is 0 Å². The molecule has 0 spiro atoms. The molecule has 3 aromatic heterocycles. The molecule has 2 aliphatic heterocycles. The number of anilines is 1. The van der Waals surface area contributed by atoms with Gasteiger partial charge in [0.25, 0.3) is 11.8 Å². The highest BCUT2D eigenvalue weighted by Gasteiger charge is 2.28. The molecule has 5 rings (SSSR count). The minimum absolute atomic E-state index is 0.0836. The molecule has 2 N–H and O–H groups in total. The van der Waals surface area contributed by atoms with Crippen molar-refractivity contribution in [3.8, 4) is 11.3 Å². The average Bonchev–Trinajstić information content (AvgIpc) is 3.41. The predicted octanol–water partition coefficient (Wildman–Crippen LogP) is 2.13. The Hall–Kier alpha value is -3.72. The molecule has 0 unspecified atom stereocenters. The second kappa shape index (κ2) is 7.45. The van der Waals surface area contributed by atoms with Gasteiger partial charge in [0.15, 0.2) is 0 Å². The summed E-state index contributed by atoms with van der Waals surface area (Å²) in [6.07, 6.45) is 5.25. The van der Waals surface area contributed by atoms with E-state index in [1.165, 1.54) is 0 Å². The summed E-state index contributed by atoms with van der Waals surface area (Å²) in [5.41, 5.74) is 6.67. The number of aromatic amines is 1. The molecular weight excluding hydrogens is 406 g/mol. The van der Waals surface area contributed by atoms with Crippen LogP contribution in [0.5, 0.6) is 0 Å². The molecule has 0 radical (unpaired) electrons. The maximum Gasteiger partial charge on any atom is 0.256 e. The number of hydrogen-bond donors (Lipinski definition) is 2. The summed E-state index contributed by atoms with van der Waals surface area (Å²) in [5, 5.41) is 7.32. The Morgan fingerprint density at radius 2 is 1.81 bits per heavy atom. The van der Waals surface area contributed by atoms with Crippen molar-refractivity contribution in [3.63, 3.8) is 0 Å². The number of H-pyrrole nitrogens is 1. The van der Waals surface area contributed by atoms with Gasteiger partial charge in [-0.05, 0) is 32.2 Å². The first kappa shape index (κ1) is 20.2. The van der Waals surface area contributed by atoms with Crippen LogP contribution >= 0.6 is 0 Å². The van der Waals surface area contributed by atoms with Crippen LogP contribution in [0.25, 0.3) is 22.9 Å². The van der Waals surface area contributed by atoms with Gasteiger partial charge in [0, 0.05) is 50.6 Å². The molecule has 0 atom stereocenters. The van der Waals surface area contributed by atoms with Gasteiger partial charge >= 0.3 is 0 Å². The van der Waals surface area contributed by atoms with Crippen molar-refractivity contribution in [3.05, 3.63) is 52.7 Å². The number of aryl methyl sites for hydroxylation is 2. The molecule has 2 bridgehead atoms. The van der Waals surface area contributed by atoms with Gasteiger partial charge in [-0.25, -0.2) is 0 Å². The third-order valence-corrected chi connectivity index (χ3v) is 6.11.